The van der Waals surface area contributed by atoms with E-state index in [2.05, 4.69) is 31.5 Å². The Bertz CT molecular complexity index is 864. The number of aromatic nitrogens is 5. The minimum atomic E-state index is -0.415. The van der Waals surface area contributed by atoms with Crippen LogP contribution in [0, 0.1) is 5.92 Å². The minimum absolute atomic E-state index is 0.286. The van der Waals surface area contributed by atoms with E-state index >= 15 is 0 Å². The summed E-state index contributed by atoms with van der Waals surface area (Å²) in [5, 5.41) is 8.84. The van der Waals surface area contributed by atoms with Gasteiger partial charge in [-0.15, -0.1) is 10.2 Å². The van der Waals surface area contributed by atoms with Crippen LogP contribution in [0.3, 0.4) is 0 Å². The maximum Gasteiger partial charge on any atom is 0.179 e. The molecule has 1 saturated heterocycles. The summed E-state index contributed by atoms with van der Waals surface area (Å²) in [5.41, 5.74) is 2.66. The Morgan fingerprint density at radius 1 is 1.30 bits per heavy atom. The maximum absolute atomic E-state index is 5.95. The lowest BCUT2D eigenvalue weighted by Gasteiger charge is -2.21. The standard InChI is InChI=1S/C16H19N5O2/c1-2-10-7-16(22-5-6-23-16)8-11(10)15-20-19-13-9-18-14-12(21(13)15)3-4-17-14/h3-4,9-11,17H,2,5-8H2,1H3. The van der Waals surface area contributed by atoms with E-state index < -0.39 is 5.79 Å². The van der Waals surface area contributed by atoms with Crippen molar-refractivity contribution in [1.82, 2.24) is 24.6 Å². The molecule has 0 bridgehead atoms. The van der Waals surface area contributed by atoms with E-state index in [1.807, 2.05) is 12.3 Å². The lowest BCUT2D eigenvalue weighted by molar-refractivity contribution is -0.153. The molecule has 1 N–H and O–H groups in total. The van der Waals surface area contributed by atoms with E-state index in [9.17, 15) is 0 Å². The molecule has 2 unspecified atom stereocenters. The van der Waals surface area contributed by atoms with Gasteiger partial charge in [0.2, 0.25) is 0 Å². The summed E-state index contributed by atoms with van der Waals surface area (Å²) < 4.78 is 14.0. The van der Waals surface area contributed by atoms with E-state index in [1.54, 1.807) is 6.20 Å². The first kappa shape index (κ1) is 13.4. The van der Waals surface area contributed by atoms with Crippen molar-refractivity contribution >= 4 is 16.8 Å². The van der Waals surface area contributed by atoms with Gasteiger partial charge in [0.25, 0.3) is 0 Å². The summed E-state index contributed by atoms with van der Waals surface area (Å²) in [6, 6.07) is 2.02. The zero-order chi connectivity index (χ0) is 15.4. The Morgan fingerprint density at radius 2 is 2.17 bits per heavy atom. The molecule has 1 aliphatic heterocycles. The van der Waals surface area contributed by atoms with Crippen LogP contribution in [-0.2, 0) is 9.47 Å². The fraction of sp³-hybridized carbons (Fsp3) is 0.562. The van der Waals surface area contributed by atoms with Gasteiger partial charge in [-0.1, -0.05) is 13.3 Å². The zero-order valence-electron chi connectivity index (χ0n) is 13.0. The van der Waals surface area contributed by atoms with E-state index in [0.717, 1.165) is 41.9 Å². The molecular formula is C16H19N5O2. The second-order valence-corrected chi connectivity index (χ2v) is 6.51. The summed E-state index contributed by atoms with van der Waals surface area (Å²) in [4.78, 5) is 7.55. The first-order valence-electron chi connectivity index (χ1n) is 8.25. The van der Waals surface area contributed by atoms with Gasteiger partial charge in [-0.05, 0) is 12.0 Å². The molecule has 120 valence electrons. The van der Waals surface area contributed by atoms with Gasteiger partial charge in [0.1, 0.15) is 5.82 Å². The highest BCUT2D eigenvalue weighted by Gasteiger charge is 2.50. The van der Waals surface area contributed by atoms with Crippen LogP contribution in [0.1, 0.15) is 37.9 Å². The van der Waals surface area contributed by atoms with Crippen LogP contribution in [-0.4, -0.2) is 43.6 Å². The fourth-order valence-electron chi connectivity index (χ4n) is 4.23. The topological polar surface area (TPSA) is 77.3 Å². The van der Waals surface area contributed by atoms with Crippen molar-refractivity contribution in [1.29, 1.82) is 0 Å². The molecule has 0 radical (unpaired) electrons. The number of aromatic amines is 1. The van der Waals surface area contributed by atoms with Crippen LogP contribution in [0.25, 0.3) is 16.8 Å². The number of H-pyrrole nitrogens is 1. The van der Waals surface area contributed by atoms with Gasteiger partial charge in [0.15, 0.2) is 17.1 Å². The first-order chi connectivity index (χ1) is 11.3. The molecule has 1 saturated carbocycles. The molecule has 3 aromatic rings. The number of hydrogen-bond acceptors (Lipinski definition) is 5. The Labute approximate surface area is 133 Å². The number of hydrogen-bond donors (Lipinski definition) is 1. The highest BCUT2D eigenvalue weighted by Crippen LogP contribution is 2.50. The third-order valence-electron chi connectivity index (χ3n) is 5.31. The lowest BCUT2D eigenvalue weighted by Crippen LogP contribution is -2.26. The van der Waals surface area contributed by atoms with Crippen LogP contribution in [0.15, 0.2) is 18.5 Å². The van der Waals surface area contributed by atoms with Crippen LogP contribution in [0.5, 0.6) is 0 Å². The molecule has 7 heteroatoms. The summed E-state index contributed by atoms with van der Waals surface area (Å²) in [7, 11) is 0. The number of nitrogens with one attached hydrogen (secondary N) is 1. The largest absolute Gasteiger partial charge is 0.347 e. The SMILES string of the molecule is CCC1CC2(CC1c1nnc3cnc4[nH]ccc4n13)OCCO2. The molecule has 2 aliphatic rings. The second-order valence-electron chi connectivity index (χ2n) is 6.51. The van der Waals surface area contributed by atoms with Crippen molar-refractivity contribution in [2.75, 3.05) is 13.2 Å². The van der Waals surface area contributed by atoms with E-state index in [-0.39, 0.29) is 5.92 Å². The van der Waals surface area contributed by atoms with E-state index in [0.29, 0.717) is 19.1 Å². The van der Waals surface area contributed by atoms with Gasteiger partial charge in [0.05, 0.1) is 24.9 Å². The van der Waals surface area contributed by atoms with E-state index in [1.165, 1.54) is 0 Å². The lowest BCUT2D eigenvalue weighted by atomic mass is 9.93. The number of nitrogens with zero attached hydrogens (tertiary/aromatic N) is 4. The summed E-state index contributed by atoms with van der Waals surface area (Å²) in [6.45, 7) is 3.60. The van der Waals surface area contributed by atoms with Gasteiger partial charge >= 0.3 is 0 Å². The van der Waals surface area contributed by atoms with Crippen molar-refractivity contribution < 1.29 is 9.47 Å². The highest BCUT2D eigenvalue weighted by atomic mass is 16.7. The van der Waals surface area contributed by atoms with Gasteiger partial charge < -0.3 is 14.5 Å². The molecule has 1 spiro atoms. The van der Waals surface area contributed by atoms with Crippen molar-refractivity contribution in [3.63, 3.8) is 0 Å². The predicted molar refractivity (Wildman–Crippen MR) is 83.0 cm³/mol. The van der Waals surface area contributed by atoms with Gasteiger partial charge in [0, 0.05) is 25.0 Å². The van der Waals surface area contributed by atoms with Crippen molar-refractivity contribution in [2.45, 2.75) is 37.9 Å². The summed E-state index contributed by atoms with van der Waals surface area (Å²) in [6.07, 6.45) is 6.53. The molecule has 23 heavy (non-hydrogen) atoms. The second kappa shape index (κ2) is 4.75. The Balaban J connectivity index is 1.65. The Hall–Kier alpha value is -1.99. The molecule has 5 rings (SSSR count). The van der Waals surface area contributed by atoms with Gasteiger partial charge in [-0.25, -0.2) is 4.98 Å². The van der Waals surface area contributed by atoms with Crippen molar-refractivity contribution in [3.8, 4) is 0 Å². The Morgan fingerprint density at radius 3 is 3.00 bits per heavy atom. The van der Waals surface area contributed by atoms with Crippen molar-refractivity contribution in [2.24, 2.45) is 5.92 Å². The normalized spacial score (nSPS) is 26.8. The van der Waals surface area contributed by atoms with Gasteiger partial charge in [-0.3, -0.25) is 4.40 Å². The monoisotopic (exact) mass is 313 g/mol. The number of ether oxygens (including phenoxy) is 2. The molecule has 2 atom stereocenters. The predicted octanol–water partition coefficient (Wildman–Crippen LogP) is 2.25. The summed E-state index contributed by atoms with van der Waals surface area (Å²) >= 11 is 0. The fourth-order valence-corrected chi connectivity index (χ4v) is 4.23. The number of fused-ring (bicyclic) bond motifs is 3. The smallest absolute Gasteiger partial charge is 0.179 e. The van der Waals surface area contributed by atoms with Crippen LogP contribution in [0.4, 0.5) is 0 Å². The molecule has 7 nitrogen and oxygen atoms in total. The highest BCUT2D eigenvalue weighted by molar-refractivity contribution is 5.74. The summed E-state index contributed by atoms with van der Waals surface area (Å²) in [5.74, 6) is 1.35. The third-order valence-corrected chi connectivity index (χ3v) is 5.31. The van der Waals surface area contributed by atoms with Crippen LogP contribution < -0.4 is 0 Å². The number of rotatable bonds is 2. The zero-order valence-corrected chi connectivity index (χ0v) is 13.0. The molecular weight excluding hydrogens is 294 g/mol. The minimum Gasteiger partial charge on any atom is -0.347 e. The quantitative estimate of drug-likeness (QED) is 0.785. The molecule has 2 fully saturated rings. The average Bonchev–Trinajstić information content (AvgIpc) is 3.33. The molecule has 3 aromatic heterocycles. The molecule has 1 aliphatic carbocycles. The van der Waals surface area contributed by atoms with Crippen LogP contribution >= 0.6 is 0 Å². The third kappa shape index (κ3) is 1.86. The van der Waals surface area contributed by atoms with E-state index in [4.69, 9.17) is 9.47 Å². The average molecular weight is 313 g/mol. The first-order valence-corrected chi connectivity index (χ1v) is 8.25. The Kier molecular flexibility index (Phi) is 2.78. The molecule has 4 heterocycles. The maximum atomic E-state index is 5.95. The molecule has 0 amide bonds. The van der Waals surface area contributed by atoms with Gasteiger partial charge in [-0.2, -0.15) is 0 Å². The molecule has 0 aromatic carbocycles. The van der Waals surface area contributed by atoms with Crippen molar-refractivity contribution in [3.05, 3.63) is 24.3 Å². The van der Waals surface area contributed by atoms with Crippen LogP contribution in [0.2, 0.25) is 0 Å².